The van der Waals surface area contributed by atoms with E-state index >= 15 is 0 Å². The lowest BCUT2D eigenvalue weighted by molar-refractivity contribution is 0.223. The summed E-state index contributed by atoms with van der Waals surface area (Å²) >= 11 is 1.49. The zero-order valence-electron chi connectivity index (χ0n) is 9.96. The van der Waals surface area contributed by atoms with Gasteiger partial charge in [0.05, 0.1) is 13.3 Å². The maximum absolute atomic E-state index is 10.2. The molecule has 1 unspecified atom stereocenters. The fourth-order valence-electron chi connectivity index (χ4n) is 1.62. The molecule has 1 N–H and O–H groups in total. The van der Waals surface area contributed by atoms with Crippen molar-refractivity contribution < 1.29 is 9.84 Å². The molecule has 4 nitrogen and oxygen atoms in total. The minimum absolute atomic E-state index is 0.616. The number of rotatable bonds is 5. The first kappa shape index (κ1) is 12.1. The van der Waals surface area contributed by atoms with Gasteiger partial charge in [-0.05, 0) is 12.5 Å². The molecule has 1 atom stereocenters. The number of methoxy groups -OCH3 is 1. The number of thiophene rings is 1. The zero-order chi connectivity index (χ0) is 12.3. The van der Waals surface area contributed by atoms with E-state index in [0.717, 1.165) is 29.2 Å². The molecule has 17 heavy (non-hydrogen) atoms. The molecule has 0 radical (unpaired) electrons. The van der Waals surface area contributed by atoms with Crippen LogP contribution in [0.4, 0.5) is 0 Å². The van der Waals surface area contributed by atoms with Crippen molar-refractivity contribution in [3.05, 3.63) is 34.3 Å². The molecule has 0 aromatic carbocycles. The lowest BCUT2D eigenvalue weighted by Crippen LogP contribution is -1.97. The smallest absolute Gasteiger partial charge is 0.129 e. The molecule has 0 saturated heterocycles. The number of hydrogen-bond acceptors (Lipinski definition) is 4. The fraction of sp³-hybridized carbons (Fsp3) is 0.417. The van der Waals surface area contributed by atoms with E-state index in [2.05, 4.69) is 12.0 Å². The normalized spacial score (nSPS) is 12.6. The van der Waals surface area contributed by atoms with Gasteiger partial charge >= 0.3 is 0 Å². The summed E-state index contributed by atoms with van der Waals surface area (Å²) < 4.78 is 6.95. The SMILES string of the molecule is CCCn1cc(C(O)c2cc(OC)cs2)cn1. The van der Waals surface area contributed by atoms with Crippen molar-refractivity contribution in [1.29, 1.82) is 0 Å². The Balaban J connectivity index is 2.14. The van der Waals surface area contributed by atoms with Crippen molar-refractivity contribution in [1.82, 2.24) is 9.78 Å². The van der Waals surface area contributed by atoms with Gasteiger partial charge in [-0.15, -0.1) is 11.3 Å². The Morgan fingerprint density at radius 3 is 3.06 bits per heavy atom. The lowest BCUT2D eigenvalue weighted by Gasteiger charge is -2.04. The van der Waals surface area contributed by atoms with Crippen molar-refractivity contribution >= 4 is 11.3 Å². The summed E-state index contributed by atoms with van der Waals surface area (Å²) in [6, 6.07) is 1.85. The molecule has 0 aliphatic carbocycles. The van der Waals surface area contributed by atoms with Gasteiger partial charge in [0.2, 0.25) is 0 Å². The van der Waals surface area contributed by atoms with Crippen LogP contribution in [-0.2, 0) is 6.54 Å². The first-order valence-corrected chi connectivity index (χ1v) is 6.45. The average molecular weight is 252 g/mol. The molecule has 0 aliphatic rings. The molecule has 2 heterocycles. The highest BCUT2D eigenvalue weighted by Gasteiger charge is 2.15. The van der Waals surface area contributed by atoms with Gasteiger partial charge in [-0.3, -0.25) is 4.68 Å². The van der Waals surface area contributed by atoms with Crippen molar-refractivity contribution in [3.8, 4) is 5.75 Å². The number of aromatic nitrogens is 2. The monoisotopic (exact) mass is 252 g/mol. The molecule has 0 amide bonds. The predicted octanol–water partition coefficient (Wildman–Crippen LogP) is 2.44. The Labute approximate surface area is 104 Å². The first-order chi connectivity index (χ1) is 8.24. The molecule has 2 aromatic rings. The topological polar surface area (TPSA) is 47.3 Å². The van der Waals surface area contributed by atoms with Crippen LogP contribution in [0.5, 0.6) is 5.75 Å². The minimum Gasteiger partial charge on any atom is -0.496 e. The maximum atomic E-state index is 10.2. The quantitative estimate of drug-likeness (QED) is 0.889. The summed E-state index contributed by atoms with van der Waals surface area (Å²) in [5.41, 5.74) is 0.822. The third-order valence-corrected chi connectivity index (χ3v) is 3.49. The van der Waals surface area contributed by atoms with Crippen LogP contribution in [0.2, 0.25) is 0 Å². The number of ether oxygens (including phenoxy) is 1. The molecule has 2 rings (SSSR count). The van der Waals surface area contributed by atoms with Crippen LogP contribution >= 0.6 is 11.3 Å². The summed E-state index contributed by atoms with van der Waals surface area (Å²) in [5, 5.41) is 16.3. The van der Waals surface area contributed by atoms with Gasteiger partial charge in [0.25, 0.3) is 0 Å². The van der Waals surface area contributed by atoms with Crippen molar-refractivity contribution in [2.45, 2.75) is 26.0 Å². The van der Waals surface area contributed by atoms with Gasteiger partial charge in [0.1, 0.15) is 11.9 Å². The van der Waals surface area contributed by atoms with Crippen LogP contribution in [0.15, 0.2) is 23.8 Å². The number of hydrogen-bond donors (Lipinski definition) is 1. The fourth-order valence-corrected chi connectivity index (χ4v) is 2.49. The predicted molar refractivity (Wildman–Crippen MR) is 67.5 cm³/mol. The van der Waals surface area contributed by atoms with Gasteiger partial charge in [-0.1, -0.05) is 6.92 Å². The van der Waals surface area contributed by atoms with Crippen LogP contribution in [0, 0.1) is 0 Å². The van der Waals surface area contributed by atoms with E-state index in [-0.39, 0.29) is 0 Å². The number of aliphatic hydroxyl groups excluding tert-OH is 1. The van der Waals surface area contributed by atoms with Crippen LogP contribution in [0.1, 0.15) is 29.9 Å². The summed E-state index contributed by atoms with van der Waals surface area (Å²) in [4.78, 5) is 0.873. The third kappa shape index (κ3) is 2.68. The molecule has 2 aromatic heterocycles. The molecule has 92 valence electrons. The van der Waals surface area contributed by atoms with E-state index in [9.17, 15) is 5.11 Å². The Hall–Kier alpha value is -1.33. The van der Waals surface area contributed by atoms with Crippen LogP contribution < -0.4 is 4.74 Å². The minimum atomic E-state index is -0.616. The Bertz CT molecular complexity index is 478. The zero-order valence-corrected chi connectivity index (χ0v) is 10.8. The van der Waals surface area contributed by atoms with E-state index < -0.39 is 6.10 Å². The Kier molecular flexibility index (Phi) is 3.81. The molecule has 0 fully saturated rings. The standard InChI is InChI=1S/C12H16N2O2S/c1-3-4-14-7-9(6-13-14)12(15)11-5-10(16-2)8-17-11/h5-8,12,15H,3-4H2,1-2H3. The van der Waals surface area contributed by atoms with Crippen molar-refractivity contribution in [3.63, 3.8) is 0 Å². The van der Waals surface area contributed by atoms with Crippen molar-refractivity contribution in [2.24, 2.45) is 0 Å². The molecule has 0 bridgehead atoms. The summed E-state index contributed by atoms with van der Waals surface area (Å²) in [7, 11) is 1.62. The van der Waals surface area contributed by atoms with E-state index in [1.54, 1.807) is 13.3 Å². The first-order valence-electron chi connectivity index (χ1n) is 5.57. The Morgan fingerprint density at radius 1 is 1.59 bits per heavy atom. The molecule has 0 saturated carbocycles. The molecule has 5 heteroatoms. The molecular formula is C12H16N2O2S. The van der Waals surface area contributed by atoms with Gasteiger partial charge in [-0.2, -0.15) is 5.10 Å². The largest absolute Gasteiger partial charge is 0.496 e. The second kappa shape index (κ2) is 5.33. The van der Waals surface area contributed by atoms with Crippen LogP contribution in [0.3, 0.4) is 0 Å². The maximum Gasteiger partial charge on any atom is 0.129 e. The highest BCUT2D eigenvalue weighted by atomic mass is 32.1. The average Bonchev–Trinajstić information content (AvgIpc) is 2.97. The van der Waals surface area contributed by atoms with E-state index in [1.165, 1.54) is 11.3 Å². The van der Waals surface area contributed by atoms with Gasteiger partial charge in [0.15, 0.2) is 0 Å². The number of aliphatic hydroxyl groups is 1. The lowest BCUT2D eigenvalue weighted by atomic mass is 10.2. The summed E-state index contributed by atoms with van der Waals surface area (Å²) in [5.74, 6) is 0.782. The number of nitrogens with zero attached hydrogens (tertiary/aromatic N) is 2. The van der Waals surface area contributed by atoms with E-state index in [0.29, 0.717) is 0 Å². The van der Waals surface area contributed by atoms with E-state index in [1.807, 2.05) is 22.3 Å². The molecular weight excluding hydrogens is 236 g/mol. The second-order valence-corrected chi connectivity index (χ2v) is 4.77. The summed E-state index contributed by atoms with van der Waals surface area (Å²) in [6.45, 7) is 2.97. The van der Waals surface area contributed by atoms with Crippen molar-refractivity contribution in [2.75, 3.05) is 7.11 Å². The van der Waals surface area contributed by atoms with Gasteiger partial charge < -0.3 is 9.84 Å². The molecule has 0 spiro atoms. The summed E-state index contributed by atoms with van der Waals surface area (Å²) in [6.07, 6.45) is 4.02. The van der Waals surface area contributed by atoms with Gasteiger partial charge in [0, 0.05) is 28.6 Å². The number of aryl methyl sites for hydroxylation is 1. The Morgan fingerprint density at radius 2 is 2.41 bits per heavy atom. The van der Waals surface area contributed by atoms with Crippen LogP contribution in [0.25, 0.3) is 0 Å². The van der Waals surface area contributed by atoms with Crippen LogP contribution in [-0.4, -0.2) is 22.0 Å². The van der Waals surface area contributed by atoms with Gasteiger partial charge in [-0.25, -0.2) is 0 Å². The third-order valence-electron chi connectivity index (χ3n) is 2.52. The highest BCUT2D eigenvalue weighted by molar-refractivity contribution is 7.10. The highest BCUT2D eigenvalue weighted by Crippen LogP contribution is 2.30. The molecule has 0 aliphatic heterocycles. The second-order valence-electron chi connectivity index (χ2n) is 3.83. The van der Waals surface area contributed by atoms with E-state index in [4.69, 9.17) is 4.74 Å².